The van der Waals surface area contributed by atoms with E-state index in [2.05, 4.69) is 66.1 Å². The Morgan fingerprint density at radius 1 is 0.683 bits per heavy atom. The van der Waals surface area contributed by atoms with Crippen molar-refractivity contribution in [3.8, 4) is 39.3 Å². The minimum absolute atomic E-state index is 0.486. The lowest BCUT2D eigenvalue weighted by atomic mass is 9.99. The van der Waals surface area contributed by atoms with Crippen LogP contribution < -0.4 is 0 Å². The van der Waals surface area contributed by atoms with Crippen molar-refractivity contribution in [1.82, 2.24) is 24.5 Å². The molecular weight excluding hydrogens is 522 g/mol. The van der Waals surface area contributed by atoms with E-state index in [0.717, 1.165) is 55.6 Å². The third-order valence-electron chi connectivity index (χ3n) is 7.71. The summed E-state index contributed by atoms with van der Waals surface area (Å²) in [7, 11) is 0. The number of allylic oxidation sites excluding steroid dienone is 1. The molecule has 0 radical (unpaired) electrons. The first-order valence-electron chi connectivity index (χ1n) is 13.8. The molecule has 3 aromatic heterocycles. The zero-order chi connectivity index (χ0) is 27.3. The van der Waals surface area contributed by atoms with Crippen LogP contribution in [0.3, 0.4) is 0 Å². The van der Waals surface area contributed by atoms with Gasteiger partial charge >= 0.3 is 0 Å². The smallest absolute Gasteiger partial charge is 0.238 e. The third-order valence-corrected chi connectivity index (χ3v) is 9.05. The van der Waals surface area contributed by atoms with Crippen LogP contribution in [0.25, 0.3) is 67.2 Å². The molecule has 8 rings (SSSR count). The number of fused-ring (bicyclic) bond motifs is 4. The van der Waals surface area contributed by atoms with Crippen molar-refractivity contribution in [1.29, 1.82) is 0 Å². The molecule has 0 saturated heterocycles. The third kappa shape index (κ3) is 3.99. The molecule has 1 aliphatic rings. The van der Waals surface area contributed by atoms with E-state index in [0.29, 0.717) is 23.5 Å². The van der Waals surface area contributed by atoms with Gasteiger partial charge in [0.15, 0.2) is 11.6 Å². The molecule has 3 heterocycles. The SMILES string of the molecule is CC1CC=Cc2nc(-c3cccc4c3c3ccccc3n4-c3nc(-c4ccccc4)nc(-c4ccccc4)n3)sc21. The molecule has 6 heteroatoms. The maximum Gasteiger partial charge on any atom is 0.238 e. The molecule has 5 nitrogen and oxygen atoms in total. The van der Waals surface area contributed by atoms with E-state index in [1.807, 2.05) is 72.0 Å². The van der Waals surface area contributed by atoms with Crippen LogP contribution in [0.5, 0.6) is 0 Å². The van der Waals surface area contributed by atoms with Crippen molar-refractivity contribution >= 4 is 39.2 Å². The van der Waals surface area contributed by atoms with Gasteiger partial charge in [0.05, 0.1) is 16.7 Å². The van der Waals surface area contributed by atoms with E-state index < -0.39 is 0 Å². The van der Waals surface area contributed by atoms with Gasteiger partial charge < -0.3 is 0 Å². The number of para-hydroxylation sites is 1. The van der Waals surface area contributed by atoms with E-state index in [-0.39, 0.29) is 0 Å². The van der Waals surface area contributed by atoms with Crippen LogP contribution in [0.1, 0.15) is 29.8 Å². The van der Waals surface area contributed by atoms with Crippen molar-refractivity contribution in [2.24, 2.45) is 0 Å². The minimum Gasteiger partial charge on any atom is -0.278 e. The van der Waals surface area contributed by atoms with Crippen LogP contribution in [-0.4, -0.2) is 24.5 Å². The molecule has 0 fully saturated rings. The van der Waals surface area contributed by atoms with Gasteiger partial charge in [-0.05, 0) is 30.5 Å². The second kappa shape index (κ2) is 9.61. The van der Waals surface area contributed by atoms with E-state index in [1.165, 1.54) is 4.88 Å². The standard InChI is InChI=1S/C35H25N5S/c1-22-12-10-19-27-31(22)41-34(36-27)26-18-11-21-29-30(26)25-17-8-9-20-28(25)40(29)35-38-32(23-13-4-2-5-14-23)37-33(39-35)24-15-6-3-7-16-24/h2-11,13-22H,12H2,1H3. The van der Waals surface area contributed by atoms with E-state index in [9.17, 15) is 0 Å². The lowest BCUT2D eigenvalue weighted by molar-refractivity contribution is 0.785. The summed E-state index contributed by atoms with van der Waals surface area (Å²) in [5, 5.41) is 3.36. The molecule has 0 aliphatic heterocycles. The average molecular weight is 548 g/mol. The number of hydrogen-bond acceptors (Lipinski definition) is 5. The number of nitrogens with zero attached hydrogens (tertiary/aromatic N) is 5. The zero-order valence-electron chi connectivity index (χ0n) is 22.4. The molecule has 196 valence electrons. The highest BCUT2D eigenvalue weighted by Gasteiger charge is 2.23. The Morgan fingerprint density at radius 2 is 1.34 bits per heavy atom. The number of benzene rings is 4. The predicted octanol–water partition coefficient (Wildman–Crippen LogP) is 8.95. The van der Waals surface area contributed by atoms with Gasteiger partial charge in [-0.2, -0.15) is 9.97 Å². The Morgan fingerprint density at radius 3 is 2.05 bits per heavy atom. The van der Waals surface area contributed by atoms with Crippen molar-refractivity contribution in [2.45, 2.75) is 19.3 Å². The van der Waals surface area contributed by atoms with Crippen LogP contribution in [0.2, 0.25) is 0 Å². The highest BCUT2D eigenvalue weighted by Crippen LogP contribution is 2.43. The van der Waals surface area contributed by atoms with Gasteiger partial charge in [-0.25, -0.2) is 9.97 Å². The fourth-order valence-corrected chi connectivity index (χ4v) is 6.88. The summed E-state index contributed by atoms with van der Waals surface area (Å²) in [6.07, 6.45) is 5.46. The van der Waals surface area contributed by atoms with Crippen molar-refractivity contribution < 1.29 is 0 Å². The van der Waals surface area contributed by atoms with E-state index >= 15 is 0 Å². The van der Waals surface area contributed by atoms with Gasteiger partial charge in [0.2, 0.25) is 5.95 Å². The number of aromatic nitrogens is 5. The van der Waals surface area contributed by atoms with Crippen LogP contribution in [-0.2, 0) is 0 Å². The molecule has 7 aromatic rings. The minimum atomic E-state index is 0.486. The topological polar surface area (TPSA) is 56.5 Å². The van der Waals surface area contributed by atoms with Crippen LogP contribution in [0.4, 0.5) is 0 Å². The first-order valence-corrected chi connectivity index (χ1v) is 14.6. The largest absolute Gasteiger partial charge is 0.278 e. The molecule has 1 unspecified atom stereocenters. The first kappa shape index (κ1) is 23.9. The summed E-state index contributed by atoms with van der Waals surface area (Å²) in [6.45, 7) is 2.28. The monoisotopic (exact) mass is 547 g/mol. The molecule has 0 saturated carbocycles. The van der Waals surface area contributed by atoms with Gasteiger partial charge in [0.25, 0.3) is 0 Å². The van der Waals surface area contributed by atoms with Gasteiger partial charge in [0.1, 0.15) is 5.01 Å². The van der Waals surface area contributed by atoms with Crippen LogP contribution >= 0.6 is 11.3 Å². The van der Waals surface area contributed by atoms with Crippen molar-refractivity contribution in [2.75, 3.05) is 0 Å². The lowest BCUT2D eigenvalue weighted by Gasteiger charge is -2.11. The molecule has 1 atom stereocenters. The Bertz CT molecular complexity index is 2030. The van der Waals surface area contributed by atoms with Gasteiger partial charge in [0, 0.05) is 32.3 Å². The van der Waals surface area contributed by atoms with Crippen molar-refractivity contribution in [3.05, 3.63) is 120 Å². The molecule has 0 spiro atoms. The lowest BCUT2D eigenvalue weighted by Crippen LogP contribution is -2.06. The Labute approximate surface area is 241 Å². The summed E-state index contributed by atoms with van der Waals surface area (Å²) >= 11 is 1.81. The predicted molar refractivity (Wildman–Crippen MR) is 168 cm³/mol. The fraction of sp³-hybridized carbons (Fsp3) is 0.0857. The first-order chi connectivity index (χ1) is 20.2. The summed E-state index contributed by atoms with van der Waals surface area (Å²) in [6, 6.07) is 35.2. The van der Waals surface area contributed by atoms with Crippen LogP contribution in [0, 0.1) is 0 Å². The molecular formula is C35H25N5S. The Kier molecular flexibility index (Phi) is 5.60. The fourth-order valence-electron chi connectivity index (χ4n) is 5.73. The molecule has 41 heavy (non-hydrogen) atoms. The Balaban J connectivity index is 1.41. The zero-order valence-corrected chi connectivity index (χ0v) is 23.2. The number of thiazole rings is 1. The van der Waals surface area contributed by atoms with Crippen LogP contribution in [0.15, 0.2) is 109 Å². The molecule has 4 aromatic carbocycles. The average Bonchev–Trinajstić information content (AvgIpc) is 3.62. The van der Waals surface area contributed by atoms with Gasteiger partial charge in [-0.3, -0.25) is 4.57 Å². The van der Waals surface area contributed by atoms with E-state index in [1.54, 1.807) is 0 Å². The van der Waals surface area contributed by atoms with Crippen molar-refractivity contribution in [3.63, 3.8) is 0 Å². The number of hydrogen-bond donors (Lipinski definition) is 0. The number of rotatable bonds is 4. The molecule has 0 bridgehead atoms. The highest BCUT2D eigenvalue weighted by molar-refractivity contribution is 7.15. The molecule has 1 aliphatic carbocycles. The van der Waals surface area contributed by atoms with Gasteiger partial charge in [-0.15, -0.1) is 11.3 Å². The summed E-state index contributed by atoms with van der Waals surface area (Å²) in [5.41, 5.74) is 6.23. The maximum absolute atomic E-state index is 5.10. The summed E-state index contributed by atoms with van der Waals surface area (Å²) < 4.78 is 2.17. The molecule has 0 N–H and O–H groups in total. The quantitative estimate of drug-likeness (QED) is 0.221. The highest BCUT2D eigenvalue weighted by atomic mass is 32.1. The second-order valence-electron chi connectivity index (χ2n) is 10.4. The summed E-state index contributed by atoms with van der Waals surface area (Å²) in [5.74, 6) is 2.37. The van der Waals surface area contributed by atoms with Gasteiger partial charge in [-0.1, -0.05) is 104 Å². The molecule has 0 amide bonds. The maximum atomic E-state index is 5.10. The normalized spacial score (nSPS) is 14.5. The van der Waals surface area contributed by atoms with E-state index in [4.69, 9.17) is 19.9 Å². The summed E-state index contributed by atoms with van der Waals surface area (Å²) in [4.78, 5) is 21.5. The Hall–Kier alpha value is -4.94. The second-order valence-corrected chi connectivity index (χ2v) is 11.4.